The van der Waals surface area contributed by atoms with Crippen LogP contribution in [-0.4, -0.2) is 38.0 Å². The van der Waals surface area contributed by atoms with Crippen LogP contribution in [-0.2, 0) is 9.53 Å². The molecule has 1 heterocycles. The van der Waals surface area contributed by atoms with Crippen LogP contribution in [0.25, 0.3) is 0 Å². The second kappa shape index (κ2) is 9.02. The van der Waals surface area contributed by atoms with Crippen molar-refractivity contribution < 1.29 is 14.3 Å². The molecule has 0 saturated carbocycles. The van der Waals surface area contributed by atoms with Gasteiger partial charge in [-0.25, -0.2) is 0 Å². The summed E-state index contributed by atoms with van der Waals surface area (Å²) < 4.78 is 5.39. The number of Topliss-reactive ketones (excluding diaryl/α,β-unsaturated/α-hetero) is 1. The lowest BCUT2D eigenvalue weighted by molar-refractivity contribution is -0.116. The van der Waals surface area contributed by atoms with Gasteiger partial charge in [0, 0.05) is 36.5 Å². The predicted octanol–water partition coefficient (Wildman–Crippen LogP) is 4.09. The van der Waals surface area contributed by atoms with E-state index in [4.69, 9.17) is 16.3 Å². The van der Waals surface area contributed by atoms with Crippen molar-refractivity contribution in [3.05, 3.63) is 58.6 Å². The molecule has 142 valence electrons. The molecule has 1 amide bonds. The number of ketones is 1. The number of carbonyl (C=O) groups excluding carboxylic acids is 2. The summed E-state index contributed by atoms with van der Waals surface area (Å²) in [5.74, 6) is -0.239. The Morgan fingerprint density at radius 1 is 1.07 bits per heavy atom. The maximum Gasteiger partial charge on any atom is 0.224 e. The fraction of sp³-hybridized carbons (Fsp3) is 0.333. The smallest absolute Gasteiger partial charge is 0.224 e. The summed E-state index contributed by atoms with van der Waals surface area (Å²) >= 11 is 6.11. The molecular weight excluding hydrogens is 364 g/mol. The average Bonchev–Trinajstić information content (AvgIpc) is 2.67. The third kappa shape index (κ3) is 5.31. The van der Waals surface area contributed by atoms with Crippen LogP contribution in [0.3, 0.4) is 0 Å². The molecule has 0 atom stereocenters. The fourth-order valence-electron chi connectivity index (χ4n) is 3.01. The van der Waals surface area contributed by atoms with E-state index in [0.717, 1.165) is 24.3 Å². The van der Waals surface area contributed by atoms with Gasteiger partial charge in [-0.3, -0.25) is 9.59 Å². The number of benzene rings is 2. The summed E-state index contributed by atoms with van der Waals surface area (Å²) in [6, 6.07) is 12.8. The summed E-state index contributed by atoms with van der Waals surface area (Å²) in [5, 5.41) is 3.46. The second-order valence-electron chi connectivity index (χ2n) is 6.60. The Morgan fingerprint density at radius 2 is 1.78 bits per heavy atom. The van der Waals surface area contributed by atoms with Crippen molar-refractivity contribution in [3.8, 4) is 0 Å². The number of hydrogen-bond acceptors (Lipinski definition) is 4. The van der Waals surface area contributed by atoms with Crippen molar-refractivity contribution in [2.75, 3.05) is 36.5 Å². The van der Waals surface area contributed by atoms with Gasteiger partial charge in [-0.05, 0) is 25.1 Å². The Morgan fingerprint density at radius 3 is 2.48 bits per heavy atom. The molecule has 1 aliphatic heterocycles. The fourth-order valence-corrected chi connectivity index (χ4v) is 3.18. The predicted molar refractivity (Wildman–Crippen MR) is 108 cm³/mol. The largest absolute Gasteiger partial charge is 0.378 e. The van der Waals surface area contributed by atoms with Gasteiger partial charge >= 0.3 is 0 Å². The van der Waals surface area contributed by atoms with Gasteiger partial charge in [-0.15, -0.1) is 0 Å². The Kier molecular flexibility index (Phi) is 6.48. The number of hydrogen-bond donors (Lipinski definition) is 1. The highest BCUT2D eigenvalue weighted by Crippen LogP contribution is 2.30. The molecule has 2 aromatic carbocycles. The normalized spacial score (nSPS) is 14.1. The number of ether oxygens (including phenoxy) is 1. The first-order chi connectivity index (χ1) is 13.0. The van der Waals surface area contributed by atoms with Crippen LogP contribution < -0.4 is 10.2 Å². The van der Waals surface area contributed by atoms with Crippen LogP contribution >= 0.6 is 11.6 Å². The topological polar surface area (TPSA) is 58.6 Å². The Labute approximate surface area is 164 Å². The van der Waals surface area contributed by atoms with E-state index in [2.05, 4.69) is 10.2 Å². The maximum absolute atomic E-state index is 12.4. The van der Waals surface area contributed by atoms with E-state index in [9.17, 15) is 9.59 Å². The lowest BCUT2D eigenvalue weighted by Crippen LogP contribution is -2.36. The van der Waals surface area contributed by atoms with Crippen LogP contribution in [0.5, 0.6) is 0 Å². The molecule has 0 spiro atoms. The van der Waals surface area contributed by atoms with Gasteiger partial charge in [0.15, 0.2) is 5.78 Å². The van der Waals surface area contributed by atoms with Gasteiger partial charge in [-0.1, -0.05) is 41.4 Å². The SMILES string of the molecule is Cc1ccc(C(=O)CCC(=O)Nc2cc(Cl)ccc2N2CCOCC2)cc1. The summed E-state index contributed by atoms with van der Waals surface area (Å²) in [6.07, 6.45) is 0.296. The van der Waals surface area contributed by atoms with E-state index < -0.39 is 0 Å². The number of morpholine rings is 1. The molecule has 1 fully saturated rings. The van der Waals surface area contributed by atoms with E-state index in [0.29, 0.717) is 29.5 Å². The molecule has 1 N–H and O–H groups in total. The first-order valence-electron chi connectivity index (χ1n) is 9.05. The molecule has 2 aromatic rings. The maximum atomic E-state index is 12.4. The molecule has 0 aliphatic carbocycles. The van der Waals surface area contributed by atoms with Crippen LogP contribution in [0.2, 0.25) is 5.02 Å². The average molecular weight is 387 g/mol. The van der Waals surface area contributed by atoms with Gasteiger partial charge in [0.05, 0.1) is 24.6 Å². The van der Waals surface area contributed by atoms with Gasteiger partial charge in [0.25, 0.3) is 0 Å². The van der Waals surface area contributed by atoms with E-state index in [1.807, 2.05) is 31.2 Å². The minimum atomic E-state index is -0.202. The summed E-state index contributed by atoms with van der Waals surface area (Å²) in [4.78, 5) is 26.8. The lowest BCUT2D eigenvalue weighted by atomic mass is 10.0. The van der Waals surface area contributed by atoms with Gasteiger partial charge in [-0.2, -0.15) is 0 Å². The van der Waals surface area contributed by atoms with E-state index in [1.165, 1.54) is 0 Å². The molecule has 1 aliphatic rings. The molecule has 3 rings (SSSR count). The molecule has 0 unspecified atom stereocenters. The number of anilines is 2. The minimum absolute atomic E-state index is 0.0374. The van der Waals surface area contributed by atoms with Crippen molar-refractivity contribution in [2.24, 2.45) is 0 Å². The lowest BCUT2D eigenvalue weighted by Gasteiger charge is -2.30. The molecule has 0 radical (unpaired) electrons. The highest BCUT2D eigenvalue weighted by molar-refractivity contribution is 6.31. The van der Waals surface area contributed by atoms with Crippen LogP contribution in [0.15, 0.2) is 42.5 Å². The highest BCUT2D eigenvalue weighted by Gasteiger charge is 2.17. The molecule has 6 heteroatoms. The third-order valence-electron chi connectivity index (χ3n) is 4.54. The first kappa shape index (κ1) is 19.4. The van der Waals surface area contributed by atoms with Crippen molar-refractivity contribution in [1.82, 2.24) is 0 Å². The van der Waals surface area contributed by atoms with E-state index in [-0.39, 0.29) is 24.5 Å². The van der Waals surface area contributed by atoms with Gasteiger partial charge in [0.2, 0.25) is 5.91 Å². The number of carbonyl (C=O) groups is 2. The standard InChI is InChI=1S/C21H23ClN2O3/c1-15-2-4-16(5-3-15)20(25)8-9-21(26)23-18-14-17(22)6-7-19(18)24-10-12-27-13-11-24/h2-7,14H,8-13H2,1H3,(H,23,26). The van der Waals surface area contributed by atoms with Crippen molar-refractivity contribution in [1.29, 1.82) is 0 Å². The zero-order chi connectivity index (χ0) is 19.2. The second-order valence-corrected chi connectivity index (χ2v) is 7.03. The number of nitrogens with zero attached hydrogens (tertiary/aromatic N) is 1. The molecule has 5 nitrogen and oxygen atoms in total. The summed E-state index contributed by atoms with van der Waals surface area (Å²) in [6.45, 7) is 4.80. The Balaban J connectivity index is 1.62. The van der Waals surface area contributed by atoms with Gasteiger partial charge in [0.1, 0.15) is 0 Å². The first-order valence-corrected chi connectivity index (χ1v) is 9.43. The number of rotatable bonds is 6. The van der Waals surface area contributed by atoms with Crippen molar-refractivity contribution >= 4 is 34.7 Å². The van der Waals surface area contributed by atoms with Crippen LogP contribution in [0.4, 0.5) is 11.4 Å². The van der Waals surface area contributed by atoms with Crippen LogP contribution in [0, 0.1) is 6.92 Å². The van der Waals surface area contributed by atoms with Gasteiger partial charge < -0.3 is 15.0 Å². The summed E-state index contributed by atoms with van der Waals surface area (Å²) in [7, 11) is 0. The van der Waals surface area contributed by atoms with E-state index in [1.54, 1.807) is 18.2 Å². The minimum Gasteiger partial charge on any atom is -0.378 e. The van der Waals surface area contributed by atoms with Crippen molar-refractivity contribution in [3.63, 3.8) is 0 Å². The number of halogens is 1. The molecular formula is C21H23ClN2O3. The molecule has 27 heavy (non-hydrogen) atoms. The summed E-state index contributed by atoms with van der Waals surface area (Å²) in [5.41, 5.74) is 3.31. The monoisotopic (exact) mass is 386 g/mol. The molecule has 0 bridgehead atoms. The molecule has 1 saturated heterocycles. The van der Waals surface area contributed by atoms with E-state index >= 15 is 0 Å². The Hall–Kier alpha value is -2.37. The van der Waals surface area contributed by atoms with Crippen molar-refractivity contribution in [2.45, 2.75) is 19.8 Å². The quantitative estimate of drug-likeness (QED) is 0.760. The zero-order valence-electron chi connectivity index (χ0n) is 15.3. The third-order valence-corrected chi connectivity index (χ3v) is 4.77. The number of aryl methyl sites for hydroxylation is 1. The Bertz CT molecular complexity index is 815. The zero-order valence-corrected chi connectivity index (χ0v) is 16.1. The number of nitrogens with one attached hydrogen (secondary N) is 1. The highest BCUT2D eigenvalue weighted by atomic mass is 35.5. The molecule has 0 aromatic heterocycles. The van der Waals surface area contributed by atoms with Crippen LogP contribution in [0.1, 0.15) is 28.8 Å². The number of amides is 1.